The molecular formula is C26H23F2N7O. The second kappa shape index (κ2) is 10.5. The summed E-state index contributed by atoms with van der Waals surface area (Å²) in [6.07, 6.45) is 4.87. The van der Waals surface area contributed by atoms with Gasteiger partial charge in [0.15, 0.2) is 5.69 Å². The van der Waals surface area contributed by atoms with Crippen LogP contribution in [0.4, 0.5) is 8.78 Å². The third-order valence-corrected chi connectivity index (χ3v) is 5.89. The lowest BCUT2D eigenvalue weighted by molar-refractivity contribution is 0.0945. The Morgan fingerprint density at radius 2 is 1.94 bits per heavy atom. The molecule has 0 spiro atoms. The molecule has 5 rings (SSSR count). The lowest BCUT2D eigenvalue weighted by atomic mass is 10.0. The smallest absolute Gasteiger partial charge is 0.273 e. The van der Waals surface area contributed by atoms with Crippen LogP contribution in [0.25, 0.3) is 11.6 Å². The van der Waals surface area contributed by atoms with Crippen LogP contribution in [0.5, 0.6) is 0 Å². The predicted molar refractivity (Wildman–Crippen MR) is 129 cm³/mol. The van der Waals surface area contributed by atoms with Crippen molar-refractivity contribution in [1.29, 1.82) is 0 Å². The van der Waals surface area contributed by atoms with Crippen LogP contribution in [0.3, 0.4) is 0 Å². The van der Waals surface area contributed by atoms with Gasteiger partial charge < -0.3 is 5.32 Å². The van der Waals surface area contributed by atoms with Crippen molar-refractivity contribution in [3.05, 3.63) is 101 Å². The molecule has 8 nitrogen and oxygen atoms in total. The van der Waals surface area contributed by atoms with Crippen molar-refractivity contribution < 1.29 is 13.6 Å². The Labute approximate surface area is 206 Å². The van der Waals surface area contributed by atoms with Crippen LogP contribution in [0.15, 0.2) is 60.9 Å². The second-order valence-corrected chi connectivity index (χ2v) is 8.53. The molecule has 1 aliphatic carbocycles. The van der Waals surface area contributed by atoms with E-state index in [0.29, 0.717) is 24.1 Å². The monoisotopic (exact) mass is 487 g/mol. The highest BCUT2D eigenvalue weighted by Gasteiger charge is 2.20. The van der Waals surface area contributed by atoms with Crippen molar-refractivity contribution in [1.82, 2.24) is 35.5 Å². The van der Waals surface area contributed by atoms with Crippen LogP contribution >= 0.6 is 0 Å². The summed E-state index contributed by atoms with van der Waals surface area (Å²) in [7, 11) is 0. The van der Waals surface area contributed by atoms with Gasteiger partial charge in [-0.05, 0) is 48.8 Å². The number of fused-ring (bicyclic) bond motifs is 1. The molecule has 1 unspecified atom stereocenters. The van der Waals surface area contributed by atoms with Crippen molar-refractivity contribution in [2.24, 2.45) is 0 Å². The number of halogens is 2. The van der Waals surface area contributed by atoms with E-state index in [9.17, 15) is 13.6 Å². The maximum atomic E-state index is 14.7. The van der Waals surface area contributed by atoms with Gasteiger partial charge in [0.05, 0.1) is 36.4 Å². The van der Waals surface area contributed by atoms with E-state index in [1.807, 2.05) is 18.2 Å². The molecule has 10 heteroatoms. The third kappa shape index (κ3) is 5.48. The van der Waals surface area contributed by atoms with Crippen LogP contribution < -0.4 is 5.32 Å². The van der Waals surface area contributed by atoms with Gasteiger partial charge in [-0.1, -0.05) is 29.5 Å². The van der Waals surface area contributed by atoms with Gasteiger partial charge in [0, 0.05) is 23.7 Å². The summed E-state index contributed by atoms with van der Waals surface area (Å²) in [5, 5.41) is 18.9. The number of alkyl halides is 1. The number of allylic oxidation sites excluding steroid dienone is 1. The van der Waals surface area contributed by atoms with Gasteiger partial charge in [0.1, 0.15) is 12.0 Å². The van der Waals surface area contributed by atoms with Gasteiger partial charge in [0.25, 0.3) is 5.91 Å². The highest BCUT2D eigenvalue weighted by Crippen LogP contribution is 2.31. The number of benzene rings is 1. The van der Waals surface area contributed by atoms with Crippen LogP contribution in [-0.2, 0) is 25.9 Å². The summed E-state index contributed by atoms with van der Waals surface area (Å²) in [6, 6.07) is 13.9. The van der Waals surface area contributed by atoms with E-state index in [4.69, 9.17) is 0 Å². The Morgan fingerprint density at radius 3 is 2.78 bits per heavy atom. The molecule has 1 aliphatic rings. The Balaban J connectivity index is 1.13. The van der Waals surface area contributed by atoms with Crippen LogP contribution in [0, 0.1) is 5.82 Å². The number of nitrogens with zero attached hydrogens (tertiary/aromatic N) is 6. The molecule has 0 bridgehead atoms. The first-order valence-corrected chi connectivity index (χ1v) is 11.6. The Morgan fingerprint density at radius 1 is 1.08 bits per heavy atom. The van der Waals surface area contributed by atoms with E-state index >= 15 is 0 Å². The molecule has 1 amide bonds. The molecule has 0 fully saturated rings. The van der Waals surface area contributed by atoms with Gasteiger partial charge in [-0.2, -0.15) is 10.2 Å². The molecule has 1 N–H and O–H groups in total. The first kappa shape index (κ1) is 23.4. The van der Waals surface area contributed by atoms with E-state index < -0.39 is 12.1 Å². The number of carbonyl (C=O) groups excluding carboxylic acids is 1. The average molecular weight is 488 g/mol. The summed E-state index contributed by atoms with van der Waals surface area (Å²) in [5.41, 5.74) is 4.56. The molecule has 0 saturated carbocycles. The minimum atomic E-state index is -1.21. The standard InChI is InChI=1S/C26H23F2N7O/c27-19(15-35-16-25(33-34-35)26(36)30-14-21-5-3-4-10-29-21)8-9-20-12-18-11-17(13-24(18)32-31-20)22-6-1-2-7-23(22)28/h1-7,10-12,16,19H,8-9,13-15H2,(H,30,36). The molecule has 0 saturated heterocycles. The van der Waals surface area contributed by atoms with E-state index in [1.165, 1.54) is 16.9 Å². The zero-order valence-corrected chi connectivity index (χ0v) is 19.3. The van der Waals surface area contributed by atoms with Crippen molar-refractivity contribution in [2.75, 3.05) is 0 Å². The van der Waals surface area contributed by atoms with E-state index in [2.05, 4.69) is 30.8 Å². The minimum Gasteiger partial charge on any atom is -0.345 e. The molecule has 1 atom stereocenters. The van der Waals surface area contributed by atoms with E-state index in [-0.39, 0.29) is 31.0 Å². The number of rotatable bonds is 9. The van der Waals surface area contributed by atoms with Crippen molar-refractivity contribution >= 4 is 17.6 Å². The number of hydrogen-bond donors (Lipinski definition) is 1. The number of aryl methyl sites for hydroxylation is 1. The molecule has 0 radical (unpaired) electrons. The summed E-state index contributed by atoms with van der Waals surface area (Å²) < 4.78 is 30.1. The number of amides is 1. The molecular weight excluding hydrogens is 464 g/mol. The average Bonchev–Trinajstić information content (AvgIpc) is 3.54. The molecule has 36 heavy (non-hydrogen) atoms. The summed E-state index contributed by atoms with van der Waals surface area (Å²) in [5.74, 6) is -0.675. The quantitative estimate of drug-likeness (QED) is 0.387. The number of hydrogen-bond acceptors (Lipinski definition) is 6. The normalized spacial score (nSPS) is 13.2. The lowest BCUT2D eigenvalue weighted by Gasteiger charge is -2.08. The van der Waals surface area contributed by atoms with Crippen molar-refractivity contribution in [3.63, 3.8) is 0 Å². The molecule has 1 aromatic carbocycles. The van der Waals surface area contributed by atoms with Crippen LogP contribution in [0.2, 0.25) is 0 Å². The van der Waals surface area contributed by atoms with Gasteiger partial charge >= 0.3 is 0 Å². The van der Waals surface area contributed by atoms with E-state index in [1.54, 1.807) is 36.5 Å². The topological polar surface area (TPSA) is 98.5 Å². The first-order valence-electron chi connectivity index (χ1n) is 11.6. The lowest BCUT2D eigenvalue weighted by Crippen LogP contribution is -2.23. The third-order valence-electron chi connectivity index (χ3n) is 5.89. The Kier molecular flexibility index (Phi) is 6.83. The number of pyridine rings is 1. The molecule has 3 aromatic heterocycles. The number of nitrogens with one attached hydrogen (secondary N) is 1. The largest absolute Gasteiger partial charge is 0.345 e. The van der Waals surface area contributed by atoms with Gasteiger partial charge in [-0.15, -0.1) is 5.10 Å². The fourth-order valence-corrected chi connectivity index (χ4v) is 4.03. The molecule has 4 aromatic rings. The predicted octanol–water partition coefficient (Wildman–Crippen LogP) is 3.60. The zero-order valence-electron chi connectivity index (χ0n) is 19.3. The van der Waals surface area contributed by atoms with Crippen LogP contribution in [-0.4, -0.2) is 42.3 Å². The summed E-state index contributed by atoms with van der Waals surface area (Å²) >= 11 is 0. The Hall–Kier alpha value is -4.34. The number of carbonyl (C=O) groups is 1. The molecule has 3 heterocycles. The zero-order chi connectivity index (χ0) is 24.9. The summed E-state index contributed by atoms with van der Waals surface area (Å²) in [6.45, 7) is 0.229. The number of aromatic nitrogens is 6. The summed E-state index contributed by atoms with van der Waals surface area (Å²) in [4.78, 5) is 16.4. The highest BCUT2D eigenvalue weighted by molar-refractivity contribution is 5.91. The van der Waals surface area contributed by atoms with Gasteiger partial charge in [-0.3, -0.25) is 9.78 Å². The molecule has 182 valence electrons. The van der Waals surface area contributed by atoms with Crippen molar-refractivity contribution in [3.8, 4) is 0 Å². The SMILES string of the molecule is O=C(NCc1ccccn1)c1cn(CC(F)CCc2cc3c(nn2)CC(c2ccccc2F)=C3)nn1. The van der Waals surface area contributed by atoms with Crippen LogP contribution in [0.1, 0.15) is 45.1 Å². The van der Waals surface area contributed by atoms with Gasteiger partial charge in [0.2, 0.25) is 0 Å². The van der Waals surface area contributed by atoms with E-state index in [0.717, 1.165) is 22.5 Å². The fourth-order valence-electron chi connectivity index (χ4n) is 4.03. The first-order chi connectivity index (χ1) is 17.5. The fraction of sp³-hybridized carbons (Fsp3) is 0.231. The maximum absolute atomic E-state index is 14.7. The molecule has 0 aliphatic heterocycles. The second-order valence-electron chi connectivity index (χ2n) is 8.53. The highest BCUT2D eigenvalue weighted by atomic mass is 19.1. The minimum absolute atomic E-state index is 0.0315. The van der Waals surface area contributed by atoms with Gasteiger partial charge in [-0.25, -0.2) is 13.5 Å². The Bertz CT molecular complexity index is 1400. The van der Waals surface area contributed by atoms with Crippen molar-refractivity contribution in [2.45, 2.75) is 38.5 Å². The maximum Gasteiger partial charge on any atom is 0.273 e.